The van der Waals surface area contributed by atoms with E-state index >= 15 is 0 Å². The third-order valence-corrected chi connectivity index (χ3v) is 4.80. The molecule has 0 radical (unpaired) electrons. The highest BCUT2D eigenvalue weighted by Gasteiger charge is 2.33. The average Bonchev–Trinajstić information content (AvgIpc) is 2.68. The van der Waals surface area contributed by atoms with Gasteiger partial charge in [0.1, 0.15) is 0 Å². The predicted octanol–water partition coefficient (Wildman–Crippen LogP) is 2.22. The van der Waals surface area contributed by atoms with Crippen LogP contribution in [0.1, 0.15) is 44.7 Å². The van der Waals surface area contributed by atoms with Gasteiger partial charge in [-0.05, 0) is 38.7 Å². The average molecular weight is 363 g/mol. The van der Waals surface area contributed by atoms with Crippen molar-refractivity contribution in [1.29, 1.82) is 0 Å². The number of aliphatic imine (C=N–C) groups is 1. The minimum Gasteiger partial charge on any atom is -0.382 e. The van der Waals surface area contributed by atoms with E-state index in [2.05, 4.69) is 46.8 Å². The van der Waals surface area contributed by atoms with Crippen LogP contribution in [0, 0.1) is 0 Å². The summed E-state index contributed by atoms with van der Waals surface area (Å²) in [6, 6.07) is 10.8. The fraction of sp³-hybridized carbons (Fsp3) is 0.650. The second kappa shape index (κ2) is 11.2. The molecule has 1 fully saturated rings. The molecule has 1 saturated heterocycles. The molecule has 1 aliphatic rings. The Balaban J connectivity index is 1.90. The van der Waals surface area contributed by atoms with Gasteiger partial charge >= 0.3 is 0 Å². The highest BCUT2D eigenvalue weighted by atomic mass is 16.5. The molecule has 0 amide bonds. The molecule has 146 valence electrons. The topological polar surface area (TPSA) is 80.9 Å². The second-order valence-corrected chi connectivity index (χ2v) is 6.85. The standard InChI is InChI=1S/C20H34N4O2/c1-3-25-13-7-12-22-19(21)23-16-20(10-14-26-15-11-20)24-17(2)18-8-5-4-6-9-18/h4-6,8-9,17,24H,3,7,10-16H2,1-2H3,(H3,21,22,23). The summed E-state index contributed by atoms with van der Waals surface area (Å²) in [5.41, 5.74) is 7.25. The van der Waals surface area contributed by atoms with Crippen LogP contribution < -0.4 is 16.4 Å². The number of nitrogens with one attached hydrogen (secondary N) is 2. The fourth-order valence-electron chi connectivity index (χ4n) is 3.22. The maximum atomic E-state index is 6.05. The summed E-state index contributed by atoms with van der Waals surface area (Å²) in [5, 5.41) is 6.97. The predicted molar refractivity (Wildman–Crippen MR) is 106 cm³/mol. The zero-order chi connectivity index (χ0) is 18.7. The van der Waals surface area contributed by atoms with Crippen molar-refractivity contribution in [2.45, 2.75) is 44.7 Å². The molecule has 1 aliphatic heterocycles. The van der Waals surface area contributed by atoms with Gasteiger partial charge in [-0.3, -0.25) is 4.99 Å². The molecule has 1 heterocycles. The van der Waals surface area contributed by atoms with Crippen LogP contribution in [0.3, 0.4) is 0 Å². The first-order valence-corrected chi connectivity index (χ1v) is 9.67. The summed E-state index contributed by atoms with van der Waals surface area (Å²) in [4.78, 5) is 4.61. The Labute approximate surface area is 157 Å². The summed E-state index contributed by atoms with van der Waals surface area (Å²) in [6.07, 6.45) is 2.79. The maximum absolute atomic E-state index is 6.05. The Morgan fingerprint density at radius 2 is 2.04 bits per heavy atom. The van der Waals surface area contributed by atoms with Crippen LogP contribution in [-0.4, -0.2) is 51.0 Å². The number of rotatable bonds is 10. The largest absolute Gasteiger partial charge is 0.382 e. The van der Waals surface area contributed by atoms with Crippen molar-refractivity contribution in [2.75, 3.05) is 39.5 Å². The quantitative estimate of drug-likeness (QED) is 0.338. The number of guanidine groups is 1. The summed E-state index contributed by atoms with van der Waals surface area (Å²) >= 11 is 0. The van der Waals surface area contributed by atoms with Gasteiger partial charge in [0.05, 0.1) is 6.54 Å². The number of nitrogens with two attached hydrogens (primary N) is 1. The van der Waals surface area contributed by atoms with Gasteiger partial charge < -0.3 is 25.8 Å². The molecule has 1 unspecified atom stereocenters. The first-order chi connectivity index (χ1) is 12.7. The van der Waals surface area contributed by atoms with E-state index in [1.807, 2.05) is 13.0 Å². The van der Waals surface area contributed by atoms with E-state index in [0.717, 1.165) is 52.2 Å². The van der Waals surface area contributed by atoms with Crippen LogP contribution in [0.15, 0.2) is 35.3 Å². The molecule has 0 spiro atoms. The lowest BCUT2D eigenvalue weighted by atomic mass is 9.88. The Bertz CT molecular complexity index is 530. The van der Waals surface area contributed by atoms with Gasteiger partial charge in [0, 0.05) is 44.6 Å². The minimum atomic E-state index is -0.0782. The smallest absolute Gasteiger partial charge is 0.188 e. The van der Waals surface area contributed by atoms with E-state index in [4.69, 9.17) is 15.2 Å². The first-order valence-electron chi connectivity index (χ1n) is 9.67. The molecule has 26 heavy (non-hydrogen) atoms. The number of benzene rings is 1. The van der Waals surface area contributed by atoms with Gasteiger partial charge in [-0.2, -0.15) is 0 Å². The molecule has 1 aromatic carbocycles. The maximum Gasteiger partial charge on any atom is 0.188 e. The Hall–Kier alpha value is -1.63. The van der Waals surface area contributed by atoms with Gasteiger partial charge in [-0.1, -0.05) is 30.3 Å². The lowest BCUT2D eigenvalue weighted by Crippen LogP contribution is -2.53. The number of hydrogen-bond donors (Lipinski definition) is 3. The Kier molecular flexibility index (Phi) is 8.88. The highest BCUT2D eigenvalue weighted by Crippen LogP contribution is 2.25. The highest BCUT2D eigenvalue weighted by molar-refractivity contribution is 5.77. The first kappa shape index (κ1) is 20.7. The lowest BCUT2D eigenvalue weighted by molar-refractivity contribution is 0.0374. The molecule has 6 heteroatoms. The van der Waals surface area contributed by atoms with Gasteiger partial charge in [-0.15, -0.1) is 0 Å². The van der Waals surface area contributed by atoms with Crippen LogP contribution in [0.2, 0.25) is 0 Å². The normalized spacial score (nSPS) is 18.5. The third-order valence-electron chi connectivity index (χ3n) is 4.80. The van der Waals surface area contributed by atoms with Crippen molar-refractivity contribution in [1.82, 2.24) is 10.6 Å². The Morgan fingerprint density at radius 3 is 2.73 bits per heavy atom. The summed E-state index contributed by atoms with van der Waals surface area (Å²) in [6.45, 7) is 8.63. The van der Waals surface area contributed by atoms with Gasteiger partial charge in [-0.25, -0.2) is 0 Å². The van der Waals surface area contributed by atoms with Crippen LogP contribution in [0.4, 0.5) is 0 Å². The number of hydrogen-bond acceptors (Lipinski definition) is 4. The Morgan fingerprint density at radius 1 is 1.31 bits per heavy atom. The zero-order valence-electron chi connectivity index (χ0n) is 16.2. The molecule has 0 bridgehead atoms. The van der Waals surface area contributed by atoms with Crippen LogP contribution in [0.5, 0.6) is 0 Å². The molecule has 6 nitrogen and oxygen atoms in total. The van der Waals surface area contributed by atoms with Gasteiger partial charge in [0.2, 0.25) is 0 Å². The fourth-order valence-corrected chi connectivity index (χ4v) is 3.22. The number of nitrogens with zero attached hydrogens (tertiary/aromatic N) is 1. The molecule has 4 N–H and O–H groups in total. The monoisotopic (exact) mass is 362 g/mol. The van der Waals surface area contributed by atoms with Crippen LogP contribution >= 0.6 is 0 Å². The van der Waals surface area contributed by atoms with Crippen molar-refractivity contribution in [3.8, 4) is 0 Å². The van der Waals surface area contributed by atoms with Crippen molar-refractivity contribution < 1.29 is 9.47 Å². The summed E-state index contributed by atoms with van der Waals surface area (Å²) < 4.78 is 10.9. The van der Waals surface area contributed by atoms with Crippen molar-refractivity contribution in [2.24, 2.45) is 10.7 Å². The van der Waals surface area contributed by atoms with Gasteiger partial charge in [0.25, 0.3) is 0 Å². The third kappa shape index (κ3) is 6.94. The molecule has 2 rings (SSSR count). The van der Waals surface area contributed by atoms with E-state index in [-0.39, 0.29) is 11.6 Å². The summed E-state index contributed by atoms with van der Waals surface area (Å²) in [7, 11) is 0. The summed E-state index contributed by atoms with van der Waals surface area (Å²) in [5.74, 6) is 0.501. The SMILES string of the molecule is CCOCCCNC(N)=NCC1(NC(C)c2ccccc2)CCOCC1. The minimum absolute atomic E-state index is 0.0782. The van der Waals surface area contributed by atoms with Crippen molar-refractivity contribution in [3.05, 3.63) is 35.9 Å². The van der Waals surface area contributed by atoms with Gasteiger partial charge in [0.15, 0.2) is 5.96 Å². The molecule has 0 aliphatic carbocycles. The molecule has 1 atom stereocenters. The molecule has 0 aromatic heterocycles. The second-order valence-electron chi connectivity index (χ2n) is 6.85. The molecule has 1 aromatic rings. The molecular weight excluding hydrogens is 328 g/mol. The molecular formula is C20H34N4O2. The van der Waals surface area contributed by atoms with Crippen molar-refractivity contribution in [3.63, 3.8) is 0 Å². The zero-order valence-corrected chi connectivity index (χ0v) is 16.2. The van der Waals surface area contributed by atoms with Crippen LogP contribution in [-0.2, 0) is 9.47 Å². The van der Waals surface area contributed by atoms with E-state index in [9.17, 15) is 0 Å². The van der Waals surface area contributed by atoms with Crippen molar-refractivity contribution >= 4 is 5.96 Å². The lowest BCUT2D eigenvalue weighted by Gasteiger charge is -2.39. The van der Waals surface area contributed by atoms with E-state index in [0.29, 0.717) is 12.5 Å². The number of ether oxygens (including phenoxy) is 2. The van der Waals surface area contributed by atoms with Crippen LogP contribution in [0.25, 0.3) is 0 Å². The molecule has 0 saturated carbocycles. The van der Waals surface area contributed by atoms with E-state index in [1.54, 1.807) is 0 Å². The van der Waals surface area contributed by atoms with E-state index in [1.165, 1.54) is 5.56 Å². The van der Waals surface area contributed by atoms with E-state index < -0.39 is 0 Å².